The second-order valence-corrected chi connectivity index (χ2v) is 7.43. The van der Waals surface area contributed by atoms with Crippen molar-refractivity contribution >= 4 is 16.7 Å². The molecule has 1 atom stereocenters. The molecule has 1 saturated heterocycles. The number of β-amino-alcohol motifs (C(OH)–C–C–N with tert-alkyl or cyclic N) is 1. The van der Waals surface area contributed by atoms with Crippen molar-refractivity contribution < 1.29 is 5.11 Å². The van der Waals surface area contributed by atoms with Crippen LogP contribution in [0.25, 0.3) is 16.7 Å². The van der Waals surface area contributed by atoms with Crippen molar-refractivity contribution in [2.24, 2.45) is 0 Å². The van der Waals surface area contributed by atoms with Gasteiger partial charge in [0.15, 0.2) is 0 Å². The Labute approximate surface area is 157 Å². The maximum absolute atomic E-state index is 12.7. The van der Waals surface area contributed by atoms with E-state index in [4.69, 9.17) is 0 Å². The van der Waals surface area contributed by atoms with Gasteiger partial charge in [0, 0.05) is 12.6 Å². The van der Waals surface area contributed by atoms with Gasteiger partial charge in [-0.15, -0.1) is 0 Å². The molecule has 27 heavy (non-hydrogen) atoms. The maximum Gasteiger partial charge on any atom is 0.257 e. The molecule has 1 aliphatic rings. The normalized spacial score (nSPS) is 16.6. The summed E-state index contributed by atoms with van der Waals surface area (Å²) in [6, 6.07) is 11.4. The Balaban J connectivity index is 1.83. The van der Waals surface area contributed by atoms with E-state index in [0.717, 1.165) is 24.1 Å². The quantitative estimate of drug-likeness (QED) is 0.771. The number of hydrogen-bond acceptors (Lipinski definition) is 4. The Kier molecular flexibility index (Phi) is 4.73. The molecule has 1 aliphatic heterocycles. The van der Waals surface area contributed by atoms with Crippen LogP contribution in [0.3, 0.4) is 0 Å². The van der Waals surface area contributed by atoms with Crippen molar-refractivity contribution in [2.45, 2.75) is 38.8 Å². The molecule has 0 spiro atoms. The van der Waals surface area contributed by atoms with Crippen molar-refractivity contribution in [3.8, 4) is 6.07 Å². The first-order valence-corrected chi connectivity index (χ1v) is 9.54. The van der Waals surface area contributed by atoms with E-state index in [0.29, 0.717) is 29.9 Å². The molecule has 1 N–H and O–H groups in total. The third kappa shape index (κ3) is 3.14. The molecule has 0 radical (unpaired) electrons. The summed E-state index contributed by atoms with van der Waals surface area (Å²) in [7, 11) is 0. The number of rotatable bonds is 4. The van der Waals surface area contributed by atoms with E-state index < -0.39 is 6.10 Å². The number of para-hydroxylation sites is 2. The van der Waals surface area contributed by atoms with E-state index in [9.17, 15) is 15.2 Å². The monoisotopic (exact) mass is 364 g/mol. The Hall–Kier alpha value is -2.62. The lowest BCUT2D eigenvalue weighted by Crippen LogP contribution is -2.38. The predicted octanol–water partition coefficient (Wildman–Crippen LogP) is 2.28. The predicted molar refractivity (Wildman–Crippen MR) is 105 cm³/mol. The highest BCUT2D eigenvalue weighted by Crippen LogP contribution is 2.24. The molecule has 3 aromatic rings. The maximum atomic E-state index is 12.7. The van der Waals surface area contributed by atoms with Crippen molar-refractivity contribution in [3.05, 3.63) is 51.8 Å². The molecular weight excluding hydrogens is 340 g/mol. The molecular formula is C21H24N4O2. The van der Waals surface area contributed by atoms with E-state index in [2.05, 4.69) is 11.0 Å². The highest BCUT2D eigenvalue weighted by atomic mass is 16.3. The van der Waals surface area contributed by atoms with E-state index in [-0.39, 0.29) is 5.56 Å². The zero-order chi connectivity index (χ0) is 19.0. The Morgan fingerprint density at radius 2 is 1.85 bits per heavy atom. The minimum Gasteiger partial charge on any atom is -0.390 e. The lowest BCUT2D eigenvalue weighted by atomic mass is 10.1. The molecule has 2 aromatic heterocycles. The summed E-state index contributed by atoms with van der Waals surface area (Å²) >= 11 is 0. The fraction of sp³-hybridized carbons (Fsp3) is 0.429. The largest absolute Gasteiger partial charge is 0.390 e. The number of likely N-dealkylation sites (tertiary alicyclic amines) is 1. The summed E-state index contributed by atoms with van der Waals surface area (Å²) in [5.74, 6) is 0. The van der Waals surface area contributed by atoms with Crippen LogP contribution in [0, 0.1) is 18.3 Å². The van der Waals surface area contributed by atoms with Gasteiger partial charge >= 0.3 is 0 Å². The summed E-state index contributed by atoms with van der Waals surface area (Å²) in [5, 5.41) is 20.5. The summed E-state index contributed by atoms with van der Waals surface area (Å²) in [5.41, 5.74) is 3.19. The lowest BCUT2D eigenvalue weighted by Gasteiger charge is -2.28. The molecule has 0 bridgehead atoms. The standard InChI is InChI=1S/C21H24N4O2/c1-15-11-20(27)25-19-8-4-3-7-18(19)24(21(25)17(15)12-22)14-16(26)13-23-9-5-2-6-10-23/h3-4,7-8,11,16,26H,2,5-6,9-10,13-14H2,1H3/t16-/m0/s1. The molecule has 4 rings (SSSR count). The lowest BCUT2D eigenvalue weighted by molar-refractivity contribution is 0.0899. The zero-order valence-electron chi connectivity index (χ0n) is 15.6. The van der Waals surface area contributed by atoms with Crippen LogP contribution in [0.4, 0.5) is 0 Å². The zero-order valence-corrected chi connectivity index (χ0v) is 15.6. The first-order valence-electron chi connectivity index (χ1n) is 9.54. The third-order valence-corrected chi connectivity index (χ3v) is 5.48. The van der Waals surface area contributed by atoms with Crippen LogP contribution in [0.15, 0.2) is 35.1 Å². The van der Waals surface area contributed by atoms with Gasteiger partial charge in [-0.05, 0) is 50.6 Å². The average molecular weight is 364 g/mol. The van der Waals surface area contributed by atoms with Crippen molar-refractivity contribution in [1.29, 1.82) is 5.26 Å². The number of aromatic nitrogens is 2. The fourth-order valence-corrected chi connectivity index (χ4v) is 4.23. The number of pyridine rings is 1. The van der Waals surface area contributed by atoms with Crippen LogP contribution in [0.1, 0.15) is 30.4 Å². The van der Waals surface area contributed by atoms with Gasteiger partial charge in [-0.3, -0.25) is 9.20 Å². The number of benzene rings is 1. The van der Waals surface area contributed by atoms with Gasteiger partial charge < -0.3 is 14.6 Å². The molecule has 3 heterocycles. The minimum absolute atomic E-state index is 0.151. The SMILES string of the molecule is Cc1cc(=O)n2c3ccccc3n(C[C@@H](O)CN3CCCCC3)c2c1C#N. The Morgan fingerprint density at radius 3 is 2.56 bits per heavy atom. The molecule has 6 heteroatoms. The minimum atomic E-state index is -0.565. The summed E-state index contributed by atoms with van der Waals surface area (Å²) in [6.45, 7) is 4.78. The van der Waals surface area contributed by atoms with E-state index >= 15 is 0 Å². The van der Waals surface area contributed by atoms with E-state index in [1.165, 1.54) is 25.3 Å². The third-order valence-electron chi connectivity index (χ3n) is 5.48. The Bertz CT molecular complexity index is 1080. The molecule has 0 saturated carbocycles. The molecule has 1 fully saturated rings. The summed E-state index contributed by atoms with van der Waals surface area (Å²) in [4.78, 5) is 15.0. The van der Waals surface area contributed by atoms with Gasteiger partial charge in [0.1, 0.15) is 11.7 Å². The first kappa shape index (κ1) is 17.8. The van der Waals surface area contributed by atoms with Crippen LogP contribution in [-0.4, -0.2) is 44.7 Å². The number of piperidine rings is 1. The molecule has 1 aromatic carbocycles. The highest BCUT2D eigenvalue weighted by Gasteiger charge is 2.21. The molecule has 0 unspecified atom stereocenters. The Morgan fingerprint density at radius 1 is 1.15 bits per heavy atom. The molecule has 0 amide bonds. The van der Waals surface area contributed by atoms with Crippen LogP contribution in [0.5, 0.6) is 0 Å². The molecule has 140 valence electrons. The van der Waals surface area contributed by atoms with Crippen molar-refractivity contribution in [1.82, 2.24) is 13.9 Å². The fourth-order valence-electron chi connectivity index (χ4n) is 4.23. The number of hydrogen-bond donors (Lipinski definition) is 1. The van der Waals surface area contributed by atoms with Crippen LogP contribution in [0.2, 0.25) is 0 Å². The average Bonchev–Trinajstić information content (AvgIpc) is 2.98. The van der Waals surface area contributed by atoms with Gasteiger partial charge in [-0.1, -0.05) is 18.6 Å². The van der Waals surface area contributed by atoms with Gasteiger partial charge in [-0.2, -0.15) is 5.26 Å². The highest BCUT2D eigenvalue weighted by molar-refractivity contribution is 5.84. The van der Waals surface area contributed by atoms with Gasteiger partial charge in [-0.25, -0.2) is 0 Å². The van der Waals surface area contributed by atoms with Crippen molar-refractivity contribution in [3.63, 3.8) is 0 Å². The number of aryl methyl sites for hydroxylation is 1. The van der Waals surface area contributed by atoms with Crippen LogP contribution >= 0.6 is 0 Å². The van der Waals surface area contributed by atoms with Gasteiger partial charge in [0.05, 0.1) is 29.2 Å². The summed E-state index contributed by atoms with van der Waals surface area (Å²) in [6.07, 6.45) is 3.04. The number of fused-ring (bicyclic) bond motifs is 3. The summed E-state index contributed by atoms with van der Waals surface area (Å²) < 4.78 is 3.52. The van der Waals surface area contributed by atoms with Crippen molar-refractivity contribution in [2.75, 3.05) is 19.6 Å². The molecule has 0 aliphatic carbocycles. The van der Waals surface area contributed by atoms with Crippen LogP contribution < -0.4 is 5.56 Å². The first-order chi connectivity index (χ1) is 13.1. The number of imidazole rings is 1. The second kappa shape index (κ2) is 7.18. The number of nitriles is 1. The number of aliphatic hydroxyl groups is 1. The van der Waals surface area contributed by atoms with Gasteiger partial charge in [0.25, 0.3) is 5.56 Å². The van der Waals surface area contributed by atoms with E-state index in [1.54, 1.807) is 11.3 Å². The number of nitrogens with zero attached hydrogens (tertiary/aromatic N) is 4. The topological polar surface area (TPSA) is 73.7 Å². The van der Waals surface area contributed by atoms with E-state index in [1.807, 2.05) is 28.8 Å². The smallest absolute Gasteiger partial charge is 0.257 e. The molecule has 6 nitrogen and oxygen atoms in total. The second-order valence-electron chi connectivity index (χ2n) is 7.43. The number of aliphatic hydroxyl groups excluding tert-OH is 1. The van der Waals surface area contributed by atoms with Crippen LogP contribution in [-0.2, 0) is 6.54 Å². The van der Waals surface area contributed by atoms with Gasteiger partial charge in [0.2, 0.25) is 0 Å².